The number of hydrogen-bond donors (Lipinski definition) is 1. The fraction of sp³-hybridized carbons (Fsp3) is 0.818. The van der Waals surface area contributed by atoms with Crippen molar-refractivity contribution in [3.05, 3.63) is 0 Å². The molecule has 1 aliphatic heterocycles. The van der Waals surface area contributed by atoms with Crippen molar-refractivity contribution in [2.75, 3.05) is 19.6 Å². The van der Waals surface area contributed by atoms with Crippen LogP contribution in [0.3, 0.4) is 0 Å². The second-order valence-electron chi connectivity index (χ2n) is 5.10. The monoisotopic (exact) mass is 228 g/mol. The van der Waals surface area contributed by atoms with Crippen molar-refractivity contribution in [3.63, 3.8) is 0 Å². The van der Waals surface area contributed by atoms with Gasteiger partial charge in [-0.3, -0.25) is 4.79 Å². The number of ketones is 1. The summed E-state index contributed by atoms with van der Waals surface area (Å²) in [6.45, 7) is 6.48. The van der Waals surface area contributed by atoms with E-state index in [4.69, 9.17) is 10.5 Å². The first-order chi connectivity index (χ1) is 7.33. The van der Waals surface area contributed by atoms with Gasteiger partial charge in [-0.2, -0.15) is 0 Å². The first-order valence-electron chi connectivity index (χ1n) is 5.54. The van der Waals surface area contributed by atoms with E-state index < -0.39 is 11.7 Å². The minimum absolute atomic E-state index is 0.0799. The van der Waals surface area contributed by atoms with Gasteiger partial charge >= 0.3 is 6.09 Å². The number of nitrogens with zero attached hydrogens (tertiary/aromatic N) is 1. The van der Waals surface area contributed by atoms with Gasteiger partial charge in [0.25, 0.3) is 0 Å². The highest BCUT2D eigenvalue weighted by Gasteiger charge is 2.35. The molecule has 0 saturated carbocycles. The number of carbonyl (C=O) groups excluding carboxylic acids is 2. The summed E-state index contributed by atoms with van der Waals surface area (Å²) in [5, 5.41) is 0. The average Bonchev–Trinajstić information content (AvgIpc) is 2.46. The maximum atomic E-state index is 11.7. The highest BCUT2D eigenvalue weighted by atomic mass is 16.6. The molecule has 1 atom stereocenters. The van der Waals surface area contributed by atoms with Gasteiger partial charge in [0.15, 0.2) is 5.78 Å². The molecule has 2 N–H and O–H groups in total. The fourth-order valence-electron chi connectivity index (χ4n) is 1.67. The van der Waals surface area contributed by atoms with Crippen molar-refractivity contribution in [2.24, 2.45) is 11.7 Å². The average molecular weight is 228 g/mol. The van der Waals surface area contributed by atoms with Crippen molar-refractivity contribution in [1.29, 1.82) is 0 Å². The normalized spacial score (nSPS) is 21.4. The van der Waals surface area contributed by atoms with Crippen molar-refractivity contribution in [3.8, 4) is 0 Å². The molecular weight excluding hydrogens is 208 g/mol. The lowest BCUT2D eigenvalue weighted by Crippen LogP contribution is -2.35. The number of ether oxygens (including phenoxy) is 1. The number of carbonyl (C=O) groups is 2. The smallest absolute Gasteiger partial charge is 0.410 e. The number of hydrogen-bond acceptors (Lipinski definition) is 4. The molecule has 1 heterocycles. The largest absolute Gasteiger partial charge is 0.444 e. The quantitative estimate of drug-likeness (QED) is 0.757. The lowest BCUT2D eigenvalue weighted by atomic mass is 10.0. The Labute approximate surface area is 95.9 Å². The standard InChI is InChI=1S/C11H20N2O3/c1-11(2,3)16-10(15)13-6-8(4-5-12)9(14)7-13/h8H,4-7,12H2,1-3H3. The molecule has 1 rings (SSSR count). The molecule has 16 heavy (non-hydrogen) atoms. The molecule has 0 aliphatic carbocycles. The van der Waals surface area contributed by atoms with Gasteiger partial charge in [0.2, 0.25) is 0 Å². The van der Waals surface area contributed by atoms with Gasteiger partial charge in [0.05, 0.1) is 6.54 Å². The summed E-state index contributed by atoms with van der Waals surface area (Å²) in [6.07, 6.45) is 0.221. The van der Waals surface area contributed by atoms with Crippen LogP contribution >= 0.6 is 0 Å². The lowest BCUT2D eigenvalue weighted by molar-refractivity contribution is -0.119. The van der Waals surface area contributed by atoms with E-state index in [1.807, 2.05) is 0 Å². The van der Waals surface area contributed by atoms with Gasteiger partial charge in [-0.05, 0) is 33.7 Å². The van der Waals surface area contributed by atoms with Gasteiger partial charge in [-0.15, -0.1) is 0 Å². The first kappa shape index (κ1) is 13.0. The third-order valence-electron chi connectivity index (χ3n) is 2.41. The van der Waals surface area contributed by atoms with E-state index >= 15 is 0 Å². The van der Waals surface area contributed by atoms with Crippen LogP contribution in [0, 0.1) is 5.92 Å². The molecule has 5 heteroatoms. The molecule has 1 unspecified atom stereocenters. The van der Waals surface area contributed by atoms with Gasteiger partial charge in [0, 0.05) is 12.5 Å². The van der Waals surface area contributed by atoms with Crippen LogP contribution in [-0.4, -0.2) is 42.0 Å². The Bertz CT molecular complexity index is 283. The van der Waals surface area contributed by atoms with Crippen molar-refractivity contribution < 1.29 is 14.3 Å². The van der Waals surface area contributed by atoms with Gasteiger partial charge in [0.1, 0.15) is 5.60 Å². The highest BCUT2D eigenvalue weighted by Crippen LogP contribution is 2.18. The van der Waals surface area contributed by atoms with Crippen LogP contribution in [-0.2, 0) is 9.53 Å². The Morgan fingerprint density at radius 3 is 2.69 bits per heavy atom. The summed E-state index contributed by atoms with van der Waals surface area (Å²) in [6, 6.07) is 0. The Hall–Kier alpha value is -1.10. The Kier molecular flexibility index (Phi) is 3.91. The molecule has 1 saturated heterocycles. The number of likely N-dealkylation sites (tertiary alicyclic amines) is 1. The summed E-state index contributed by atoms with van der Waals surface area (Å²) >= 11 is 0. The summed E-state index contributed by atoms with van der Waals surface area (Å²) < 4.78 is 5.20. The molecule has 0 aromatic rings. The third kappa shape index (κ3) is 3.48. The van der Waals surface area contributed by atoms with Crippen LogP contribution in [0.25, 0.3) is 0 Å². The minimum atomic E-state index is -0.522. The molecule has 92 valence electrons. The Balaban J connectivity index is 2.52. The maximum Gasteiger partial charge on any atom is 0.410 e. The number of Topliss-reactive ketones (excluding diaryl/α,β-unsaturated/α-hetero) is 1. The van der Waals surface area contributed by atoms with E-state index in [0.29, 0.717) is 19.5 Å². The van der Waals surface area contributed by atoms with E-state index in [1.165, 1.54) is 4.90 Å². The van der Waals surface area contributed by atoms with Gasteiger partial charge in [-0.1, -0.05) is 0 Å². The molecule has 1 amide bonds. The summed E-state index contributed by atoms with van der Waals surface area (Å²) in [5.41, 5.74) is 4.89. The number of amides is 1. The van der Waals surface area contributed by atoms with E-state index in [2.05, 4.69) is 0 Å². The minimum Gasteiger partial charge on any atom is -0.444 e. The summed E-state index contributed by atoms with van der Waals surface area (Å²) in [4.78, 5) is 24.7. The molecule has 0 aromatic carbocycles. The van der Waals surface area contributed by atoms with E-state index in [0.717, 1.165) is 0 Å². The summed E-state index contributed by atoms with van der Waals surface area (Å²) in [7, 11) is 0. The molecule has 0 radical (unpaired) electrons. The van der Waals surface area contributed by atoms with Crippen LogP contribution in [0.1, 0.15) is 27.2 Å². The number of nitrogens with two attached hydrogens (primary N) is 1. The zero-order valence-corrected chi connectivity index (χ0v) is 10.2. The predicted molar refractivity (Wildman–Crippen MR) is 60.0 cm³/mol. The maximum absolute atomic E-state index is 11.7. The summed E-state index contributed by atoms with van der Waals surface area (Å²) in [5.74, 6) is -0.0335. The van der Waals surface area contributed by atoms with Gasteiger partial charge in [-0.25, -0.2) is 4.79 Å². The predicted octanol–water partition coefficient (Wildman–Crippen LogP) is 0.771. The van der Waals surface area contributed by atoms with Crippen LogP contribution in [0.4, 0.5) is 4.79 Å². The SMILES string of the molecule is CC(C)(C)OC(=O)N1CC(=O)C(CCN)C1. The fourth-order valence-corrected chi connectivity index (χ4v) is 1.67. The zero-order chi connectivity index (χ0) is 12.3. The second-order valence-corrected chi connectivity index (χ2v) is 5.10. The van der Waals surface area contributed by atoms with E-state index in [-0.39, 0.29) is 18.2 Å². The van der Waals surface area contributed by atoms with Crippen molar-refractivity contribution >= 4 is 11.9 Å². The highest BCUT2D eigenvalue weighted by molar-refractivity contribution is 5.89. The second kappa shape index (κ2) is 4.82. The Morgan fingerprint density at radius 2 is 2.19 bits per heavy atom. The van der Waals surface area contributed by atoms with E-state index in [9.17, 15) is 9.59 Å². The van der Waals surface area contributed by atoms with Crippen LogP contribution < -0.4 is 5.73 Å². The van der Waals surface area contributed by atoms with Crippen LogP contribution in [0.5, 0.6) is 0 Å². The molecule has 0 bridgehead atoms. The molecule has 0 aromatic heterocycles. The van der Waals surface area contributed by atoms with Crippen LogP contribution in [0.2, 0.25) is 0 Å². The number of rotatable bonds is 2. The molecule has 1 aliphatic rings. The van der Waals surface area contributed by atoms with Gasteiger partial charge < -0.3 is 15.4 Å². The third-order valence-corrected chi connectivity index (χ3v) is 2.41. The first-order valence-corrected chi connectivity index (χ1v) is 5.54. The lowest BCUT2D eigenvalue weighted by Gasteiger charge is -2.23. The molecule has 5 nitrogen and oxygen atoms in total. The van der Waals surface area contributed by atoms with Crippen molar-refractivity contribution in [1.82, 2.24) is 4.90 Å². The molecule has 0 spiro atoms. The molecule has 1 fully saturated rings. The Morgan fingerprint density at radius 1 is 1.56 bits per heavy atom. The zero-order valence-electron chi connectivity index (χ0n) is 10.2. The van der Waals surface area contributed by atoms with Crippen LogP contribution in [0.15, 0.2) is 0 Å². The molecular formula is C11H20N2O3. The van der Waals surface area contributed by atoms with Crippen molar-refractivity contribution in [2.45, 2.75) is 32.8 Å². The topological polar surface area (TPSA) is 72.6 Å². The van der Waals surface area contributed by atoms with E-state index in [1.54, 1.807) is 20.8 Å².